The molecule has 6 heteroatoms. The van der Waals surface area contributed by atoms with Crippen LogP contribution >= 0.6 is 45.3 Å². The fourth-order valence-electron chi connectivity index (χ4n) is 2.40. The van der Waals surface area contributed by atoms with Gasteiger partial charge in [-0.1, -0.05) is 12.1 Å². The van der Waals surface area contributed by atoms with Crippen molar-refractivity contribution in [2.75, 3.05) is 0 Å². The molecule has 2 nitrogen and oxygen atoms in total. The van der Waals surface area contributed by atoms with E-state index >= 15 is 0 Å². The lowest BCUT2D eigenvalue weighted by molar-refractivity contribution is 0.0899. The van der Waals surface area contributed by atoms with Gasteiger partial charge in [-0.3, -0.25) is 9.59 Å². The molecule has 0 atom stereocenters. The molecule has 0 aliphatic carbocycles. The second kappa shape index (κ2) is 7.17. The monoisotopic (exact) mass is 400 g/mol. The van der Waals surface area contributed by atoms with E-state index in [1.165, 1.54) is 22.7 Å². The minimum absolute atomic E-state index is 0.0746. The zero-order chi connectivity index (χ0) is 17.2. The summed E-state index contributed by atoms with van der Waals surface area (Å²) in [4.78, 5) is 30.6. The molecule has 4 rings (SSSR count). The molecule has 4 heterocycles. The summed E-state index contributed by atoms with van der Waals surface area (Å²) in [6.45, 7) is 0. The molecule has 0 saturated carbocycles. The van der Waals surface area contributed by atoms with Crippen LogP contribution in [0.15, 0.2) is 59.3 Å². The first kappa shape index (κ1) is 16.6. The second-order valence-corrected chi connectivity index (χ2v) is 9.37. The van der Waals surface area contributed by atoms with E-state index in [-0.39, 0.29) is 18.0 Å². The molecule has 0 radical (unpaired) electrons. The Morgan fingerprint density at radius 2 is 1.12 bits per heavy atom. The van der Waals surface area contributed by atoms with Crippen molar-refractivity contribution < 1.29 is 9.59 Å². The minimum atomic E-state index is -0.108. The van der Waals surface area contributed by atoms with E-state index in [4.69, 9.17) is 0 Å². The third kappa shape index (κ3) is 3.57. The van der Waals surface area contributed by atoms with E-state index in [0.29, 0.717) is 9.75 Å². The molecule has 0 fully saturated rings. The summed E-state index contributed by atoms with van der Waals surface area (Å²) in [6.07, 6.45) is -0.0746. The van der Waals surface area contributed by atoms with Gasteiger partial charge in [0, 0.05) is 19.5 Å². The Kier molecular flexibility index (Phi) is 4.76. The van der Waals surface area contributed by atoms with Crippen molar-refractivity contribution in [1.82, 2.24) is 0 Å². The van der Waals surface area contributed by atoms with Crippen LogP contribution in [0.4, 0.5) is 0 Å². The van der Waals surface area contributed by atoms with E-state index in [0.717, 1.165) is 19.5 Å². The average Bonchev–Trinajstić information content (AvgIpc) is 3.43. The summed E-state index contributed by atoms with van der Waals surface area (Å²) in [5.41, 5.74) is 0. The van der Waals surface area contributed by atoms with Gasteiger partial charge in [-0.15, -0.1) is 45.3 Å². The van der Waals surface area contributed by atoms with Gasteiger partial charge >= 0.3 is 0 Å². The summed E-state index contributed by atoms with van der Waals surface area (Å²) in [5, 5.41) is 4.03. The second-order valence-electron chi connectivity index (χ2n) is 5.31. The number of ketones is 2. The molecule has 0 bridgehead atoms. The smallest absolute Gasteiger partial charge is 0.180 e. The highest BCUT2D eigenvalue weighted by Crippen LogP contribution is 2.34. The van der Waals surface area contributed by atoms with E-state index in [1.807, 2.05) is 59.3 Å². The summed E-state index contributed by atoms with van der Waals surface area (Å²) >= 11 is 6.20. The van der Waals surface area contributed by atoms with Crippen LogP contribution in [0.3, 0.4) is 0 Å². The predicted octanol–water partition coefficient (Wildman–Crippen LogP) is 6.72. The molecule has 4 aromatic heterocycles. The van der Waals surface area contributed by atoms with E-state index < -0.39 is 0 Å². The van der Waals surface area contributed by atoms with Gasteiger partial charge < -0.3 is 0 Å². The molecule has 0 aliphatic rings. The molecule has 0 N–H and O–H groups in total. The summed E-state index contributed by atoms with van der Waals surface area (Å²) < 4.78 is 0. The molecular formula is C19H12O2S4. The van der Waals surface area contributed by atoms with Crippen molar-refractivity contribution in [3.63, 3.8) is 0 Å². The van der Waals surface area contributed by atoms with Gasteiger partial charge in [-0.2, -0.15) is 0 Å². The molecule has 0 aliphatic heterocycles. The molecule has 124 valence electrons. The van der Waals surface area contributed by atoms with Crippen molar-refractivity contribution >= 4 is 56.9 Å². The topological polar surface area (TPSA) is 34.1 Å². The van der Waals surface area contributed by atoms with Crippen molar-refractivity contribution in [2.24, 2.45) is 0 Å². The quantitative estimate of drug-likeness (QED) is 0.266. The van der Waals surface area contributed by atoms with Gasteiger partial charge in [0.05, 0.1) is 16.2 Å². The van der Waals surface area contributed by atoms with Crippen molar-refractivity contribution in [3.05, 3.63) is 69.0 Å². The van der Waals surface area contributed by atoms with Crippen LogP contribution in [0.1, 0.15) is 25.8 Å². The van der Waals surface area contributed by atoms with Crippen molar-refractivity contribution in [3.8, 4) is 19.5 Å². The van der Waals surface area contributed by atoms with E-state index in [1.54, 1.807) is 22.7 Å². The summed E-state index contributed by atoms with van der Waals surface area (Å²) in [6, 6.07) is 15.6. The molecule has 0 aromatic carbocycles. The molecule has 4 aromatic rings. The fraction of sp³-hybridized carbons (Fsp3) is 0.0526. The Hall–Kier alpha value is -1.86. The lowest BCUT2D eigenvalue weighted by atomic mass is 10.1. The Morgan fingerprint density at radius 1 is 0.640 bits per heavy atom. The third-order valence-corrected chi connectivity index (χ3v) is 7.99. The van der Waals surface area contributed by atoms with Crippen LogP contribution in [-0.4, -0.2) is 11.6 Å². The van der Waals surface area contributed by atoms with Gasteiger partial charge in [-0.05, 0) is 47.2 Å². The lowest BCUT2D eigenvalue weighted by Crippen LogP contribution is -2.05. The SMILES string of the molecule is O=C(CC(=O)c1ccc(-c2cccs2)s1)c1ccc(-c2cccs2)s1. The average molecular weight is 401 g/mol. The van der Waals surface area contributed by atoms with Crippen LogP contribution in [0, 0.1) is 0 Å². The number of hydrogen-bond donors (Lipinski definition) is 0. The summed E-state index contributed by atoms with van der Waals surface area (Å²) in [7, 11) is 0. The zero-order valence-electron chi connectivity index (χ0n) is 12.9. The number of Topliss-reactive ketones (excluding diaryl/α,β-unsaturated/α-hetero) is 2. The maximum atomic E-state index is 12.4. The van der Waals surface area contributed by atoms with Crippen LogP contribution < -0.4 is 0 Å². The van der Waals surface area contributed by atoms with Crippen LogP contribution in [0.5, 0.6) is 0 Å². The molecule has 0 unspecified atom stereocenters. The third-order valence-electron chi connectivity index (χ3n) is 3.61. The Labute approximate surface area is 161 Å². The highest BCUT2D eigenvalue weighted by Gasteiger charge is 2.18. The van der Waals surface area contributed by atoms with Crippen LogP contribution in [-0.2, 0) is 0 Å². The van der Waals surface area contributed by atoms with Gasteiger partial charge in [0.1, 0.15) is 0 Å². The number of rotatable bonds is 6. The lowest BCUT2D eigenvalue weighted by Gasteiger charge is -1.96. The highest BCUT2D eigenvalue weighted by molar-refractivity contribution is 7.23. The zero-order valence-corrected chi connectivity index (χ0v) is 16.2. The fourth-order valence-corrected chi connectivity index (χ4v) is 5.95. The predicted molar refractivity (Wildman–Crippen MR) is 109 cm³/mol. The number of carbonyl (C=O) groups is 2. The number of hydrogen-bond acceptors (Lipinski definition) is 6. The van der Waals surface area contributed by atoms with Gasteiger partial charge in [0.25, 0.3) is 0 Å². The van der Waals surface area contributed by atoms with Crippen LogP contribution in [0.25, 0.3) is 19.5 Å². The molecule has 0 saturated heterocycles. The number of thiophene rings is 4. The molecule has 25 heavy (non-hydrogen) atoms. The Balaban J connectivity index is 1.46. The maximum absolute atomic E-state index is 12.4. The molecular weight excluding hydrogens is 388 g/mol. The molecule has 0 spiro atoms. The highest BCUT2D eigenvalue weighted by atomic mass is 32.1. The number of carbonyl (C=O) groups excluding carboxylic acids is 2. The Bertz CT molecular complexity index is 921. The van der Waals surface area contributed by atoms with E-state index in [2.05, 4.69) is 0 Å². The van der Waals surface area contributed by atoms with Gasteiger partial charge in [0.15, 0.2) is 11.6 Å². The largest absolute Gasteiger partial charge is 0.293 e. The first-order chi connectivity index (χ1) is 12.2. The maximum Gasteiger partial charge on any atom is 0.180 e. The van der Waals surface area contributed by atoms with Gasteiger partial charge in [-0.25, -0.2) is 0 Å². The van der Waals surface area contributed by atoms with Crippen molar-refractivity contribution in [2.45, 2.75) is 6.42 Å². The molecule has 0 amide bonds. The van der Waals surface area contributed by atoms with E-state index in [9.17, 15) is 9.59 Å². The normalized spacial score (nSPS) is 10.9. The Morgan fingerprint density at radius 3 is 1.52 bits per heavy atom. The standard InChI is InChI=1S/C19H12O2S4/c20-12(14-5-7-18(24-14)16-3-1-9-22-16)11-13(21)15-6-8-19(25-15)17-4-2-10-23-17/h1-10H,11H2. The van der Waals surface area contributed by atoms with Crippen LogP contribution in [0.2, 0.25) is 0 Å². The first-order valence-corrected chi connectivity index (χ1v) is 10.9. The van der Waals surface area contributed by atoms with Gasteiger partial charge in [0.2, 0.25) is 0 Å². The van der Waals surface area contributed by atoms with Crippen molar-refractivity contribution in [1.29, 1.82) is 0 Å². The summed E-state index contributed by atoms with van der Waals surface area (Å²) in [5.74, 6) is -0.215. The minimum Gasteiger partial charge on any atom is -0.293 e. The first-order valence-electron chi connectivity index (χ1n) is 7.54.